The highest BCUT2D eigenvalue weighted by Crippen LogP contribution is 2.24. The van der Waals surface area contributed by atoms with Crippen molar-refractivity contribution in [2.24, 2.45) is 12.8 Å². The molecule has 20 heavy (non-hydrogen) atoms. The van der Waals surface area contributed by atoms with Gasteiger partial charge in [-0.15, -0.1) is 0 Å². The summed E-state index contributed by atoms with van der Waals surface area (Å²) in [4.78, 5) is 2.17. The van der Waals surface area contributed by atoms with E-state index < -0.39 is 15.6 Å². The average Bonchev–Trinajstić information content (AvgIpc) is 2.79. The maximum Gasteiger partial charge on any atom is 0.244 e. The molecule has 1 saturated heterocycles. The smallest absolute Gasteiger partial charge is 0.244 e. The Balaban J connectivity index is 2.27. The maximum absolute atomic E-state index is 12.4. The Morgan fingerprint density at radius 1 is 1.45 bits per heavy atom. The van der Waals surface area contributed by atoms with Crippen molar-refractivity contribution < 1.29 is 8.42 Å². The number of sulfonamides is 1. The Bertz CT molecular complexity index is 600. The molecule has 0 bridgehead atoms. The van der Waals surface area contributed by atoms with Crippen molar-refractivity contribution in [3.8, 4) is 0 Å². The second kappa shape index (κ2) is 5.15. The summed E-state index contributed by atoms with van der Waals surface area (Å²) in [5, 5.41) is 11.6. The van der Waals surface area contributed by atoms with Gasteiger partial charge in [-0.2, -0.15) is 9.82 Å². The summed E-state index contributed by atoms with van der Waals surface area (Å²) in [6, 6.07) is 0. The molecule has 0 amide bonds. The van der Waals surface area contributed by atoms with Crippen molar-refractivity contribution >= 4 is 15.9 Å². The first-order valence-electron chi connectivity index (χ1n) is 6.31. The fourth-order valence-corrected chi connectivity index (χ4v) is 3.70. The Morgan fingerprint density at radius 3 is 2.50 bits per heavy atom. The highest BCUT2D eigenvalue weighted by Gasteiger charge is 2.40. The molecule has 0 aliphatic carbocycles. The van der Waals surface area contributed by atoms with E-state index >= 15 is 0 Å². The quantitative estimate of drug-likeness (QED) is 0.492. The zero-order valence-electron chi connectivity index (χ0n) is 11.6. The van der Waals surface area contributed by atoms with Gasteiger partial charge in [0.1, 0.15) is 10.7 Å². The number of hydrogen-bond acceptors (Lipinski definition) is 5. The number of aromatic nitrogens is 2. The SMILES string of the molecule is CN1CCC(NS(=O)(=O)c2cnn(C)c2)(C(=N)N)CC1. The average molecular weight is 300 g/mol. The fraction of sp³-hybridized carbons (Fsp3) is 0.636. The molecular weight excluding hydrogens is 280 g/mol. The van der Waals surface area contributed by atoms with Crippen LogP contribution in [0.1, 0.15) is 12.8 Å². The number of piperidine rings is 1. The molecule has 1 aliphatic heterocycles. The van der Waals surface area contributed by atoms with Crippen molar-refractivity contribution in [1.29, 1.82) is 5.41 Å². The van der Waals surface area contributed by atoms with Crippen molar-refractivity contribution in [3.05, 3.63) is 12.4 Å². The van der Waals surface area contributed by atoms with Gasteiger partial charge in [0.25, 0.3) is 0 Å². The molecule has 8 nitrogen and oxygen atoms in total. The maximum atomic E-state index is 12.4. The lowest BCUT2D eigenvalue weighted by Crippen LogP contribution is -2.61. The Morgan fingerprint density at radius 2 is 2.05 bits per heavy atom. The zero-order chi connectivity index (χ0) is 15.0. The minimum atomic E-state index is -3.73. The second-order valence-electron chi connectivity index (χ2n) is 5.25. The van der Waals surface area contributed by atoms with Crippen LogP contribution >= 0.6 is 0 Å². The Kier molecular flexibility index (Phi) is 3.85. The van der Waals surface area contributed by atoms with Gasteiger partial charge in [0.15, 0.2) is 0 Å². The molecule has 2 heterocycles. The van der Waals surface area contributed by atoms with Gasteiger partial charge in [-0.1, -0.05) is 0 Å². The third kappa shape index (κ3) is 2.84. The number of nitrogens with one attached hydrogen (secondary N) is 2. The third-order valence-corrected chi connectivity index (χ3v) is 5.17. The number of nitrogens with two attached hydrogens (primary N) is 1. The van der Waals surface area contributed by atoms with E-state index in [1.807, 2.05) is 7.05 Å². The van der Waals surface area contributed by atoms with Crippen LogP contribution in [0.3, 0.4) is 0 Å². The van der Waals surface area contributed by atoms with E-state index in [-0.39, 0.29) is 10.7 Å². The molecule has 0 atom stereocenters. The van der Waals surface area contributed by atoms with E-state index in [0.29, 0.717) is 25.9 Å². The highest BCUT2D eigenvalue weighted by atomic mass is 32.2. The molecule has 1 fully saturated rings. The summed E-state index contributed by atoms with van der Waals surface area (Å²) in [6.45, 7) is 1.38. The molecule has 9 heteroatoms. The van der Waals surface area contributed by atoms with Gasteiger partial charge < -0.3 is 10.6 Å². The minimum absolute atomic E-state index is 0.0829. The molecule has 4 N–H and O–H groups in total. The number of likely N-dealkylation sites (tertiary alicyclic amines) is 1. The first-order chi connectivity index (χ1) is 9.25. The summed E-state index contributed by atoms with van der Waals surface area (Å²) in [6.07, 6.45) is 3.67. The van der Waals surface area contributed by atoms with Gasteiger partial charge in [-0.25, -0.2) is 8.42 Å². The number of aryl methyl sites for hydroxylation is 1. The van der Waals surface area contributed by atoms with E-state index in [1.165, 1.54) is 17.1 Å². The summed E-state index contributed by atoms with van der Waals surface area (Å²) >= 11 is 0. The molecule has 0 aromatic carbocycles. The molecule has 0 radical (unpaired) electrons. The normalized spacial score (nSPS) is 19.9. The van der Waals surface area contributed by atoms with Crippen LogP contribution < -0.4 is 10.5 Å². The van der Waals surface area contributed by atoms with Crippen LogP contribution in [0.15, 0.2) is 17.3 Å². The van der Waals surface area contributed by atoms with Crippen molar-refractivity contribution in [1.82, 2.24) is 19.4 Å². The van der Waals surface area contributed by atoms with Gasteiger partial charge in [0.05, 0.1) is 11.7 Å². The number of hydrogen-bond donors (Lipinski definition) is 3. The van der Waals surface area contributed by atoms with Crippen LogP contribution in [0.5, 0.6) is 0 Å². The molecule has 0 unspecified atom stereocenters. The minimum Gasteiger partial charge on any atom is -0.386 e. The van der Waals surface area contributed by atoms with Crippen LogP contribution in [-0.4, -0.2) is 54.6 Å². The lowest BCUT2D eigenvalue weighted by Gasteiger charge is -2.39. The van der Waals surface area contributed by atoms with E-state index in [0.717, 1.165) is 0 Å². The fourth-order valence-electron chi connectivity index (χ4n) is 2.28. The number of rotatable bonds is 4. The Labute approximate surface area is 118 Å². The lowest BCUT2D eigenvalue weighted by atomic mass is 9.88. The van der Waals surface area contributed by atoms with Crippen LogP contribution in [-0.2, 0) is 17.1 Å². The van der Waals surface area contributed by atoms with E-state index in [4.69, 9.17) is 11.1 Å². The van der Waals surface area contributed by atoms with Gasteiger partial charge in [-0.05, 0) is 19.9 Å². The monoisotopic (exact) mass is 300 g/mol. The lowest BCUT2D eigenvalue weighted by molar-refractivity contribution is 0.218. The molecule has 1 aliphatic rings. The zero-order valence-corrected chi connectivity index (χ0v) is 12.4. The predicted molar refractivity (Wildman–Crippen MR) is 74.9 cm³/mol. The van der Waals surface area contributed by atoms with Gasteiger partial charge in [0, 0.05) is 26.3 Å². The van der Waals surface area contributed by atoms with E-state index in [9.17, 15) is 8.42 Å². The van der Waals surface area contributed by atoms with Crippen molar-refractivity contribution in [3.63, 3.8) is 0 Å². The third-order valence-electron chi connectivity index (χ3n) is 3.68. The standard InChI is InChI=1S/C11H20N6O2S/c1-16-5-3-11(4-6-16,10(12)13)15-20(18,19)9-7-14-17(2)8-9/h7-8,15H,3-6H2,1-2H3,(H3,12,13). The van der Waals surface area contributed by atoms with Crippen LogP contribution in [0.4, 0.5) is 0 Å². The molecular formula is C11H20N6O2S. The van der Waals surface area contributed by atoms with Gasteiger partial charge in [0.2, 0.25) is 10.0 Å². The van der Waals surface area contributed by atoms with Gasteiger partial charge in [-0.3, -0.25) is 10.1 Å². The summed E-state index contributed by atoms with van der Waals surface area (Å²) in [7, 11) is -0.127. The van der Waals surface area contributed by atoms with Crippen LogP contribution in [0.2, 0.25) is 0 Å². The molecule has 0 spiro atoms. The molecule has 1 aromatic heterocycles. The Hall–Kier alpha value is -1.45. The predicted octanol–water partition coefficient (Wildman–Crippen LogP) is -0.901. The highest BCUT2D eigenvalue weighted by molar-refractivity contribution is 7.89. The summed E-state index contributed by atoms with van der Waals surface area (Å²) in [5.41, 5.74) is 4.66. The first kappa shape index (κ1) is 14.9. The molecule has 2 rings (SSSR count). The van der Waals surface area contributed by atoms with E-state index in [2.05, 4.69) is 14.7 Å². The van der Waals surface area contributed by atoms with Crippen LogP contribution in [0.25, 0.3) is 0 Å². The second-order valence-corrected chi connectivity index (χ2v) is 6.94. The molecule has 112 valence electrons. The number of nitrogens with zero attached hydrogens (tertiary/aromatic N) is 3. The van der Waals surface area contributed by atoms with Gasteiger partial charge >= 0.3 is 0 Å². The largest absolute Gasteiger partial charge is 0.386 e. The van der Waals surface area contributed by atoms with E-state index in [1.54, 1.807) is 7.05 Å². The summed E-state index contributed by atoms with van der Waals surface area (Å²) < 4.78 is 28.8. The number of amidine groups is 1. The molecule has 0 saturated carbocycles. The van der Waals surface area contributed by atoms with Crippen molar-refractivity contribution in [2.45, 2.75) is 23.3 Å². The first-order valence-corrected chi connectivity index (χ1v) is 7.79. The summed E-state index contributed by atoms with van der Waals surface area (Å²) in [5.74, 6) is -0.141. The van der Waals surface area contributed by atoms with Crippen molar-refractivity contribution in [2.75, 3.05) is 20.1 Å². The molecule has 1 aromatic rings. The topological polar surface area (TPSA) is 117 Å². The van der Waals surface area contributed by atoms with Crippen LogP contribution in [0, 0.1) is 5.41 Å².